The molecule has 1 fully saturated rings. The molecule has 0 radical (unpaired) electrons. The van der Waals surface area contributed by atoms with E-state index in [1.807, 2.05) is 18.3 Å². The van der Waals surface area contributed by atoms with Crippen LogP contribution in [0.3, 0.4) is 0 Å². The van der Waals surface area contributed by atoms with Crippen molar-refractivity contribution in [2.75, 3.05) is 6.54 Å². The van der Waals surface area contributed by atoms with Gasteiger partial charge in [-0.05, 0) is 48.5 Å². The van der Waals surface area contributed by atoms with E-state index in [1.165, 1.54) is 12.8 Å². The molecule has 0 unspecified atom stereocenters. The van der Waals surface area contributed by atoms with E-state index in [2.05, 4.69) is 33.4 Å². The van der Waals surface area contributed by atoms with Crippen molar-refractivity contribution in [3.8, 4) is 6.07 Å². The molecule has 5 heteroatoms. The van der Waals surface area contributed by atoms with Gasteiger partial charge in [-0.25, -0.2) is 0 Å². The van der Waals surface area contributed by atoms with Crippen LogP contribution < -0.4 is 5.32 Å². The van der Waals surface area contributed by atoms with Gasteiger partial charge in [-0.15, -0.1) is 0 Å². The smallest absolute Gasteiger partial charge is 0.169 e. The fourth-order valence-electron chi connectivity index (χ4n) is 3.35. The van der Waals surface area contributed by atoms with Crippen molar-refractivity contribution in [2.45, 2.75) is 31.8 Å². The Labute approximate surface area is 136 Å². The fraction of sp³-hybridized carbons (Fsp3) is 0.471. The second kappa shape index (κ2) is 6.89. The Hall–Kier alpha value is -1.93. The summed E-state index contributed by atoms with van der Waals surface area (Å²) in [6.07, 6.45) is 11.1. The Bertz CT molecular complexity index is 592. The molecule has 0 saturated heterocycles. The molecular weight excluding hydrogens is 292 g/mol. The molecule has 4 nitrogen and oxygen atoms in total. The molecular formula is C17H20N4S. The molecule has 2 bridgehead atoms. The molecule has 0 aromatic carbocycles. The van der Waals surface area contributed by atoms with E-state index >= 15 is 0 Å². The first-order chi connectivity index (χ1) is 10.8. The summed E-state index contributed by atoms with van der Waals surface area (Å²) < 4.78 is 0. The van der Waals surface area contributed by atoms with Crippen LogP contribution in [0.25, 0.3) is 0 Å². The van der Waals surface area contributed by atoms with Gasteiger partial charge >= 0.3 is 0 Å². The lowest BCUT2D eigenvalue weighted by Gasteiger charge is -2.29. The van der Waals surface area contributed by atoms with Crippen molar-refractivity contribution >= 4 is 17.3 Å². The molecule has 1 saturated carbocycles. The van der Waals surface area contributed by atoms with Gasteiger partial charge in [0.05, 0.1) is 12.5 Å². The SMILES string of the molecule is N#CCCN(Cc1cccnc1)C(=S)N[C@@H]1C[C@@H]2C=C[C@@H]1C2. The van der Waals surface area contributed by atoms with Crippen LogP contribution in [0.4, 0.5) is 0 Å². The number of rotatable bonds is 5. The second-order valence-electron chi connectivity index (χ2n) is 6.03. The predicted molar refractivity (Wildman–Crippen MR) is 89.8 cm³/mol. The van der Waals surface area contributed by atoms with E-state index < -0.39 is 0 Å². The molecule has 3 rings (SSSR count). The number of nitrogens with one attached hydrogen (secondary N) is 1. The molecule has 1 aromatic heterocycles. The van der Waals surface area contributed by atoms with E-state index in [0.29, 0.717) is 31.5 Å². The van der Waals surface area contributed by atoms with E-state index in [9.17, 15) is 0 Å². The lowest BCUT2D eigenvalue weighted by Crippen LogP contribution is -2.46. The van der Waals surface area contributed by atoms with Crippen LogP contribution in [0.5, 0.6) is 0 Å². The molecule has 1 heterocycles. The minimum absolute atomic E-state index is 0.445. The maximum atomic E-state index is 8.87. The topological polar surface area (TPSA) is 52.0 Å². The van der Waals surface area contributed by atoms with Crippen LogP contribution in [0.1, 0.15) is 24.8 Å². The number of hydrogen-bond donors (Lipinski definition) is 1. The molecule has 0 spiro atoms. The second-order valence-corrected chi connectivity index (χ2v) is 6.41. The summed E-state index contributed by atoms with van der Waals surface area (Å²) in [6.45, 7) is 1.34. The third-order valence-corrected chi connectivity index (χ3v) is 4.84. The van der Waals surface area contributed by atoms with Crippen LogP contribution in [0.15, 0.2) is 36.7 Å². The Kier molecular flexibility index (Phi) is 4.69. The Morgan fingerprint density at radius 2 is 2.36 bits per heavy atom. The molecule has 22 heavy (non-hydrogen) atoms. The Morgan fingerprint density at radius 1 is 1.45 bits per heavy atom. The Morgan fingerprint density at radius 3 is 3.00 bits per heavy atom. The minimum atomic E-state index is 0.445. The number of allylic oxidation sites excluding steroid dienone is 1. The van der Waals surface area contributed by atoms with Crippen molar-refractivity contribution in [1.82, 2.24) is 15.2 Å². The summed E-state index contributed by atoms with van der Waals surface area (Å²) in [5.41, 5.74) is 1.11. The summed E-state index contributed by atoms with van der Waals surface area (Å²) in [7, 11) is 0. The van der Waals surface area contributed by atoms with Gasteiger partial charge in [0.2, 0.25) is 0 Å². The van der Waals surface area contributed by atoms with Crippen LogP contribution in [-0.4, -0.2) is 27.6 Å². The summed E-state index contributed by atoms with van der Waals surface area (Å²) >= 11 is 5.60. The quantitative estimate of drug-likeness (QED) is 0.669. The van der Waals surface area contributed by atoms with Gasteiger partial charge in [0.1, 0.15) is 0 Å². The average Bonchev–Trinajstić information content (AvgIpc) is 3.15. The third-order valence-electron chi connectivity index (χ3n) is 4.46. The lowest BCUT2D eigenvalue weighted by molar-refractivity contribution is 0.395. The van der Waals surface area contributed by atoms with Crippen LogP contribution in [0.2, 0.25) is 0 Å². The predicted octanol–water partition coefficient (Wildman–Crippen LogP) is 2.64. The van der Waals surface area contributed by atoms with Crippen molar-refractivity contribution < 1.29 is 0 Å². The lowest BCUT2D eigenvalue weighted by atomic mass is 10.0. The normalized spacial score (nSPS) is 25.0. The average molecular weight is 312 g/mol. The molecule has 3 atom stereocenters. The number of aromatic nitrogens is 1. The van der Waals surface area contributed by atoms with Gasteiger partial charge < -0.3 is 10.2 Å². The Balaban J connectivity index is 1.62. The van der Waals surface area contributed by atoms with Crippen molar-refractivity contribution in [3.05, 3.63) is 42.2 Å². The highest BCUT2D eigenvalue weighted by molar-refractivity contribution is 7.80. The summed E-state index contributed by atoms with van der Waals surface area (Å²) in [6, 6.07) is 6.61. The summed E-state index contributed by atoms with van der Waals surface area (Å²) in [5, 5.41) is 13.1. The summed E-state index contributed by atoms with van der Waals surface area (Å²) in [4.78, 5) is 6.22. The molecule has 2 aliphatic carbocycles. The molecule has 2 aliphatic rings. The molecule has 0 amide bonds. The first-order valence-corrected chi connectivity index (χ1v) is 8.16. The minimum Gasteiger partial charge on any atom is -0.359 e. The van der Waals surface area contributed by atoms with Gasteiger partial charge in [-0.1, -0.05) is 18.2 Å². The zero-order valence-corrected chi connectivity index (χ0v) is 13.3. The number of fused-ring (bicyclic) bond motifs is 2. The zero-order valence-electron chi connectivity index (χ0n) is 12.5. The number of pyridine rings is 1. The van der Waals surface area contributed by atoms with Gasteiger partial charge in [-0.2, -0.15) is 5.26 Å². The highest BCUT2D eigenvalue weighted by Gasteiger charge is 2.36. The molecule has 1 N–H and O–H groups in total. The maximum Gasteiger partial charge on any atom is 0.169 e. The van der Waals surface area contributed by atoms with Gasteiger partial charge in [0.25, 0.3) is 0 Å². The standard InChI is InChI=1S/C17H20N4S/c18-6-2-8-21(12-14-3-1-7-19-11-14)17(22)20-16-10-13-4-5-15(16)9-13/h1,3-5,7,11,13,15-16H,2,8-10,12H2,(H,20,22)/t13-,15-,16-/m1/s1. The fourth-order valence-corrected chi connectivity index (χ4v) is 3.65. The number of nitrogens with zero attached hydrogens (tertiary/aromatic N) is 3. The first kappa shape index (κ1) is 15.0. The van der Waals surface area contributed by atoms with Crippen molar-refractivity contribution in [2.24, 2.45) is 11.8 Å². The molecule has 0 aliphatic heterocycles. The van der Waals surface area contributed by atoms with Crippen LogP contribution >= 0.6 is 12.2 Å². The van der Waals surface area contributed by atoms with E-state index in [0.717, 1.165) is 16.6 Å². The largest absolute Gasteiger partial charge is 0.359 e. The van der Waals surface area contributed by atoms with Gasteiger partial charge in [0, 0.05) is 31.5 Å². The van der Waals surface area contributed by atoms with Crippen molar-refractivity contribution in [1.29, 1.82) is 5.26 Å². The number of hydrogen-bond acceptors (Lipinski definition) is 3. The maximum absolute atomic E-state index is 8.87. The van der Waals surface area contributed by atoms with Crippen LogP contribution in [-0.2, 0) is 6.54 Å². The summed E-state index contributed by atoms with van der Waals surface area (Å²) in [5.74, 6) is 1.33. The monoisotopic (exact) mass is 312 g/mol. The van der Waals surface area contributed by atoms with Crippen LogP contribution in [0, 0.1) is 23.2 Å². The van der Waals surface area contributed by atoms with E-state index in [1.54, 1.807) is 6.20 Å². The van der Waals surface area contributed by atoms with Crippen molar-refractivity contribution in [3.63, 3.8) is 0 Å². The first-order valence-electron chi connectivity index (χ1n) is 7.76. The molecule has 1 aromatic rings. The van der Waals surface area contributed by atoms with E-state index in [4.69, 9.17) is 17.5 Å². The molecule has 114 valence electrons. The third kappa shape index (κ3) is 3.45. The zero-order chi connectivity index (χ0) is 15.4. The van der Waals surface area contributed by atoms with Gasteiger partial charge in [0.15, 0.2) is 5.11 Å². The highest BCUT2D eigenvalue weighted by Crippen LogP contribution is 2.39. The van der Waals surface area contributed by atoms with E-state index in [-0.39, 0.29) is 0 Å². The number of thiocarbonyl (C=S) groups is 1. The van der Waals surface area contributed by atoms with Gasteiger partial charge in [-0.3, -0.25) is 4.98 Å². The highest BCUT2D eigenvalue weighted by atomic mass is 32.1. The number of nitriles is 1.